The molecule has 1 aliphatic heterocycles. The second-order valence-electron chi connectivity index (χ2n) is 7.90. The minimum absolute atomic E-state index is 0.0423. The molecule has 12 heteroatoms. The number of halogens is 7. The molecule has 1 N–H and O–H groups in total. The van der Waals surface area contributed by atoms with Gasteiger partial charge in [-0.1, -0.05) is 48.0 Å². The number of benzene rings is 2. The number of nitrogens with zero attached hydrogens (tertiary/aromatic N) is 4. The molecule has 1 atom stereocenters. The summed E-state index contributed by atoms with van der Waals surface area (Å²) in [6, 6.07) is 16.1. The zero-order valence-electron chi connectivity index (χ0n) is 18.0. The van der Waals surface area contributed by atoms with E-state index >= 15 is 0 Å². The van der Waals surface area contributed by atoms with Crippen LogP contribution in [0, 0.1) is 11.3 Å². The molecule has 2 aromatic carbocycles. The Morgan fingerprint density at radius 3 is 2.17 bits per heavy atom. The van der Waals surface area contributed by atoms with Crippen molar-refractivity contribution >= 4 is 23.0 Å². The molecule has 0 saturated heterocycles. The lowest BCUT2D eigenvalue weighted by molar-refractivity contribution is -0.338. The largest absolute Gasteiger partial charge is 0.431 e. The van der Waals surface area contributed by atoms with Crippen LogP contribution in [-0.4, -0.2) is 33.8 Å². The number of hydrazone groups is 1. The third-order valence-corrected chi connectivity index (χ3v) is 6.09. The molecule has 1 aliphatic rings. The van der Waals surface area contributed by atoms with E-state index in [-0.39, 0.29) is 16.4 Å². The molecule has 36 heavy (non-hydrogen) atoms. The van der Waals surface area contributed by atoms with E-state index in [2.05, 4.69) is 10.1 Å². The summed E-state index contributed by atoms with van der Waals surface area (Å²) in [4.78, 5) is 3.97. The number of rotatable bonds is 4. The van der Waals surface area contributed by atoms with Crippen molar-refractivity contribution in [2.24, 2.45) is 5.10 Å². The van der Waals surface area contributed by atoms with Crippen LogP contribution in [-0.2, 0) is 0 Å². The van der Waals surface area contributed by atoms with Crippen molar-refractivity contribution in [2.45, 2.75) is 30.4 Å². The monoisotopic (exact) mass is 524 g/mol. The van der Waals surface area contributed by atoms with Crippen LogP contribution in [0.1, 0.15) is 23.7 Å². The minimum atomic E-state index is -6.07. The minimum Gasteiger partial charge on any atom is -0.369 e. The summed E-state index contributed by atoms with van der Waals surface area (Å²) in [5.74, 6) is 0. The van der Waals surface area contributed by atoms with E-state index in [0.717, 1.165) is 5.01 Å². The highest BCUT2D eigenvalue weighted by Gasteiger charge is 2.74. The lowest BCUT2D eigenvalue weighted by atomic mass is 9.89. The second-order valence-corrected chi connectivity index (χ2v) is 8.31. The van der Waals surface area contributed by atoms with E-state index in [9.17, 15) is 36.7 Å². The van der Waals surface area contributed by atoms with E-state index in [0.29, 0.717) is 16.7 Å². The van der Waals surface area contributed by atoms with Gasteiger partial charge in [0.1, 0.15) is 11.8 Å². The Labute approximate surface area is 205 Å². The van der Waals surface area contributed by atoms with Crippen molar-refractivity contribution in [2.75, 3.05) is 5.01 Å². The molecule has 0 radical (unpaired) electrons. The number of hydrogen-bond acceptors (Lipinski definition) is 5. The number of pyridine rings is 1. The first-order chi connectivity index (χ1) is 16.9. The lowest BCUT2D eigenvalue weighted by Crippen LogP contribution is -2.62. The smallest absolute Gasteiger partial charge is 0.369 e. The summed E-state index contributed by atoms with van der Waals surface area (Å²) < 4.78 is 81.4. The zero-order chi connectivity index (χ0) is 26.3. The van der Waals surface area contributed by atoms with E-state index in [1.165, 1.54) is 36.5 Å². The molecule has 1 aromatic heterocycles. The van der Waals surface area contributed by atoms with Crippen LogP contribution in [0.25, 0.3) is 11.1 Å². The molecule has 4 rings (SSSR count). The Morgan fingerprint density at radius 1 is 0.944 bits per heavy atom. The van der Waals surface area contributed by atoms with Crippen molar-refractivity contribution in [3.8, 4) is 17.2 Å². The van der Waals surface area contributed by atoms with E-state index in [4.69, 9.17) is 11.6 Å². The fraction of sp³-hybridized carbons (Fsp3) is 0.208. The number of aliphatic hydroxyl groups is 1. The second kappa shape index (κ2) is 9.11. The zero-order valence-corrected chi connectivity index (χ0v) is 18.8. The molecular weight excluding hydrogens is 510 g/mol. The molecule has 3 aromatic rings. The molecular formula is C24H15ClF6N4O. The maximum atomic E-state index is 13.6. The maximum absolute atomic E-state index is 13.6. The highest BCUT2D eigenvalue weighted by Crippen LogP contribution is 2.49. The molecule has 0 fully saturated rings. The molecule has 0 spiro atoms. The fourth-order valence-corrected chi connectivity index (χ4v) is 4.17. The standard InChI is InChI=1S/C24H15ClF6N4O/c25-17-5-1-2-6-19(17)35-20(12-21(34-35)22(36,23(26,27)28)24(29,30)31)15-9-7-14(8-10-15)16-4-3-11-33-18(16)13-32/h1-11,20,36H,12H2. The van der Waals surface area contributed by atoms with Crippen LogP contribution in [0.2, 0.25) is 5.02 Å². The van der Waals surface area contributed by atoms with Gasteiger partial charge in [-0.25, -0.2) is 4.98 Å². The quantitative estimate of drug-likeness (QED) is 0.399. The molecule has 5 nitrogen and oxygen atoms in total. The summed E-state index contributed by atoms with van der Waals surface area (Å²) in [6.45, 7) is 0. The first kappa shape index (κ1) is 25.5. The van der Waals surface area contributed by atoms with Crippen LogP contribution in [0.5, 0.6) is 0 Å². The van der Waals surface area contributed by atoms with Crippen LogP contribution >= 0.6 is 11.6 Å². The van der Waals surface area contributed by atoms with Gasteiger partial charge in [-0.15, -0.1) is 0 Å². The van der Waals surface area contributed by atoms with Gasteiger partial charge in [0.2, 0.25) is 0 Å². The van der Waals surface area contributed by atoms with Gasteiger partial charge in [0.15, 0.2) is 0 Å². The summed E-state index contributed by atoms with van der Waals surface area (Å²) in [5, 5.41) is 23.8. The first-order valence-corrected chi connectivity index (χ1v) is 10.7. The third kappa shape index (κ3) is 4.27. The Morgan fingerprint density at radius 2 is 1.58 bits per heavy atom. The Kier molecular flexibility index (Phi) is 6.45. The molecule has 186 valence electrons. The summed E-state index contributed by atoms with van der Waals surface area (Å²) in [5.41, 5.74) is -5.06. The molecule has 0 bridgehead atoms. The molecule has 1 unspecified atom stereocenters. The SMILES string of the molecule is N#Cc1ncccc1-c1ccc(C2CC(C(O)(C(F)(F)F)C(F)(F)F)=NN2c2ccccc2Cl)cc1. The van der Waals surface area contributed by atoms with E-state index < -0.39 is 36.1 Å². The number of nitriles is 1. The highest BCUT2D eigenvalue weighted by molar-refractivity contribution is 6.33. The van der Waals surface area contributed by atoms with Gasteiger partial charge in [-0.2, -0.15) is 36.7 Å². The fourth-order valence-electron chi connectivity index (χ4n) is 3.95. The Balaban J connectivity index is 1.80. The normalized spacial score (nSPS) is 16.6. The molecule has 0 aliphatic carbocycles. The summed E-state index contributed by atoms with van der Waals surface area (Å²) >= 11 is 6.18. The highest BCUT2D eigenvalue weighted by atomic mass is 35.5. The van der Waals surface area contributed by atoms with Gasteiger partial charge >= 0.3 is 12.4 Å². The van der Waals surface area contributed by atoms with Crippen LogP contribution in [0.3, 0.4) is 0 Å². The number of hydrogen-bond donors (Lipinski definition) is 1. The summed E-state index contributed by atoms with van der Waals surface area (Å²) in [6.07, 6.45) is -11.6. The molecule has 0 amide bonds. The third-order valence-electron chi connectivity index (χ3n) is 5.77. The van der Waals surface area contributed by atoms with Crippen molar-refractivity contribution in [3.05, 3.63) is 83.1 Å². The van der Waals surface area contributed by atoms with Crippen molar-refractivity contribution < 1.29 is 31.4 Å². The average Bonchev–Trinajstić information content (AvgIpc) is 3.28. The van der Waals surface area contributed by atoms with E-state index in [1.807, 2.05) is 6.07 Å². The number of anilines is 1. The van der Waals surface area contributed by atoms with Crippen LogP contribution in [0.4, 0.5) is 32.0 Å². The number of para-hydroxylation sites is 1. The maximum Gasteiger partial charge on any atom is 0.431 e. The van der Waals surface area contributed by atoms with Crippen molar-refractivity contribution in [1.82, 2.24) is 4.98 Å². The topological polar surface area (TPSA) is 72.5 Å². The number of alkyl halides is 6. The van der Waals surface area contributed by atoms with Gasteiger partial charge in [-0.05, 0) is 35.4 Å². The Hall–Kier alpha value is -3.62. The average molecular weight is 525 g/mol. The van der Waals surface area contributed by atoms with Crippen molar-refractivity contribution in [3.63, 3.8) is 0 Å². The van der Waals surface area contributed by atoms with Gasteiger partial charge in [0.25, 0.3) is 5.60 Å². The predicted molar refractivity (Wildman–Crippen MR) is 120 cm³/mol. The number of aromatic nitrogens is 1. The first-order valence-electron chi connectivity index (χ1n) is 10.3. The Bertz CT molecular complexity index is 1330. The van der Waals surface area contributed by atoms with E-state index in [1.54, 1.807) is 30.3 Å². The van der Waals surface area contributed by atoms with Gasteiger partial charge in [-0.3, -0.25) is 5.01 Å². The molecule has 0 saturated carbocycles. The van der Waals surface area contributed by atoms with Crippen LogP contribution in [0.15, 0.2) is 72.0 Å². The van der Waals surface area contributed by atoms with Crippen molar-refractivity contribution in [1.29, 1.82) is 5.26 Å². The van der Waals surface area contributed by atoms with Crippen LogP contribution < -0.4 is 5.01 Å². The summed E-state index contributed by atoms with van der Waals surface area (Å²) in [7, 11) is 0. The molecule has 2 heterocycles. The lowest BCUT2D eigenvalue weighted by Gasteiger charge is -2.32. The van der Waals surface area contributed by atoms with Gasteiger partial charge < -0.3 is 5.11 Å². The van der Waals surface area contributed by atoms with Gasteiger partial charge in [0.05, 0.1) is 22.5 Å². The van der Waals surface area contributed by atoms with Gasteiger partial charge in [0, 0.05) is 18.2 Å². The predicted octanol–water partition coefficient (Wildman–Crippen LogP) is 6.44.